The van der Waals surface area contributed by atoms with Gasteiger partial charge in [0.05, 0.1) is 24.9 Å². The number of esters is 1. The second kappa shape index (κ2) is 8.24. The molecule has 0 saturated carbocycles. The lowest BCUT2D eigenvalue weighted by Crippen LogP contribution is -2.18. The molecule has 0 aromatic carbocycles. The number of carbonyl (C=O) groups excluding carboxylic acids is 1. The molecule has 0 amide bonds. The fourth-order valence-corrected chi connectivity index (χ4v) is 1.06. The van der Waals surface area contributed by atoms with Gasteiger partial charge in [-0.1, -0.05) is 26.0 Å². The van der Waals surface area contributed by atoms with Gasteiger partial charge in [0.2, 0.25) is 0 Å². The minimum Gasteiger partial charge on any atom is -0.459 e. The number of hydrogen-bond donors (Lipinski definition) is 0. The van der Waals surface area contributed by atoms with E-state index >= 15 is 0 Å². The van der Waals surface area contributed by atoms with Gasteiger partial charge in [-0.05, 0) is 13.3 Å². The molecule has 1 unspecified atom stereocenters. The Kier molecular flexibility index (Phi) is 7.64. The van der Waals surface area contributed by atoms with Crippen LogP contribution in [-0.2, 0) is 14.3 Å². The van der Waals surface area contributed by atoms with Crippen LogP contribution in [0.1, 0.15) is 26.7 Å². The van der Waals surface area contributed by atoms with Gasteiger partial charge in [-0.15, -0.1) is 6.58 Å². The summed E-state index contributed by atoms with van der Waals surface area (Å²) in [7, 11) is 0. The second-order valence-corrected chi connectivity index (χ2v) is 3.41. The van der Waals surface area contributed by atoms with Crippen LogP contribution < -0.4 is 0 Å². The van der Waals surface area contributed by atoms with Crippen LogP contribution in [0.15, 0.2) is 24.8 Å². The van der Waals surface area contributed by atoms with E-state index in [1.807, 2.05) is 13.8 Å². The zero-order chi connectivity index (χ0) is 11.7. The fraction of sp³-hybridized carbons (Fsp3) is 0.583. The third kappa shape index (κ3) is 6.91. The van der Waals surface area contributed by atoms with Gasteiger partial charge in [-0.2, -0.15) is 0 Å². The van der Waals surface area contributed by atoms with E-state index in [1.165, 1.54) is 0 Å². The third-order valence-corrected chi connectivity index (χ3v) is 1.80. The van der Waals surface area contributed by atoms with Gasteiger partial charge in [-0.25, -0.2) is 4.79 Å². The van der Waals surface area contributed by atoms with Gasteiger partial charge in [0.15, 0.2) is 0 Å². The molecular formula is C12H20O3. The second-order valence-electron chi connectivity index (χ2n) is 3.41. The summed E-state index contributed by atoms with van der Waals surface area (Å²) < 4.78 is 10.2. The fourth-order valence-electron chi connectivity index (χ4n) is 1.06. The molecule has 0 saturated heterocycles. The zero-order valence-corrected chi connectivity index (χ0v) is 9.62. The predicted octanol–water partition coefficient (Wildman–Crippen LogP) is 2.48. The van der Waals surface area contributed by atoms with E-state index in [9.17, 15) is 4.79 Å². The molecule has 0 bridgehead atoms. The van der Waals surface area contributed by atoms with Crippen molar-refractivity contribution in [2.24, 2.45) is 0 Å². The van der Waals surface area contributed by atoms with Gasteiger partial charge in [0.25, 0.3) is 0 Å². The highest BCUT2D eigenvalue weighted by molar-refractivity contribution is 5.88. The van der Waals surface area contributed by atoms with Crippen LogP contribution >= 0.6 is 0 Å². The van der Waals surface area contributed by atoms with Gasteiger partial charge in [-0.3, -0.25) is 0 Å². The van der Waals surface area contributed by atoms with E-state index in [0.717, 1.165) is 12.8 Å². The zero-order valence-electron chi connectivity index (χ0n) is 9.62. The summed E-state index contributed by atoms with van der Waals surface area (Å²) in [6, 6.07) is 0. The molecule has 0 N–H and O–H groups in total. The first kappa shape index (κ1) is 13.9. The van der Waals surface area contributed by atoms with Crippen LogP contribution in [0.4, 0.5) is 0 Å². The summed E-state index contributed by atoms with van der Waals surface area (Å²) in [5.74, 6) is -0.375. The molecule has 15 heavy (non-hydrogen) atoms. The minimum absolute atomic E-state index is 0.0568. The summed E-state index contributed by atoms with van der Waals surface area (Å²) in [6.45, 7) is 11.6. The Balaban J connectivity index is 3.78. The van der Waals surface area contributed by atoms with Crippen LogP contribution in [-0.4, -0.2) is 25.3 Å². The molecule has 0 radical (unpaired) electrons. The number of carbonyl (C=O) groups is 1. The summed E-state index contributed by atoms with van der Waals surface area (Å²) in [5.41, 5.74) is 0.347. The summed E-state index contributed by atoms with van der Waals surface area (Å²) >= 11 is 0. The van der Waals surface area contributed by atoms with Crippen molar-refractivity contribution in [2.75, 3.05) is 13.2 Å². The van der Waals surface area contributed by atoms with E-state index in [2.05, 4.69) is 13.2 Å². The summed E-state index contributed by atoms with van der Waals surface area (Å²) in [4.78, 5) is 11.4. The highest BCUT2D eigenvalue weighted by atomic mass is 16.5. The molecule has 0 aromatic rings. The Morgan fingerprint density at radius 2 is 2.20 bits per heavy atom. The van der Waals surface area contributed by atoms with Crippen molar-refractivity contribution in [3.05, 3.63) is 24.8 Å². The standard InChI is InChI=1S/C12H20O3/c1-5-7-11(4)15-12(13)10(3)9-14-8-6-2/h6,11H,2-3,5,7-9H2,1,4H3. The number of hydrogen-bond acceptors (Lipinski definition) is 3. The maximum atomic E-state index is 11.4. The van der Waals surface area contributed by atoms with Crippen LogP contribution in [0.3, 0.4) is 0 Å². The van der Waals surface area contributed by atoms with E-state index in [4.69, 9.17) is 9.47 Å². The van der Waals surface area contributed by atoms with E-state index in [1.54, 1.807) is 6.08 Å². The van der Waals surface area contributed by atoms with Crippen molar-refractivity contribution >= 4 is 5.97 Å². The molecule has 0 heterocycles. The van der Waals surface area contributed by atoms with Gasteiger partial charge < -0.3 is 9.47 Å². The molecule has 0 aromatic heterocycles. The van der Waals surface area contributed by atoms with Crippen molar-refractivity contribution in [3.8, 4) is 0 Å². The van der Waals surface area contributed by atoms with E-state index < -0.39 is 0 Å². The lowest BCUT2D eigenvalue weighted by Gasteiger charge is -2.13. The average Bonchev–Trinajstić information content (AvgIpc) is 2.18. The van der Waals surface area contributed by atoms with Crippen molar-refractivity contribution in [2.45, 2.75) is 32.8 Å². The molecule has 3 nitrogen and oxygen atoms in total. The largest absolute Gasteiger partial charge is 0.459 e. The molecule has 3 heteroatoms. The highest BCUT2D eigenvalue weighted by Crippen LogP contribution is 2.05. The van der Waals surface area contributed by atoms with Crippen LogP contribution in [0.5, 0.6) is 0 Å². The number of ether oxygens (including phenoxy) is 2. The molecular weight excluding hydrogens is 192 g/mol. The Labute approximate surface area is 91.8 Å². The molecule has 0 spiro atoms. The SMILES string of the molecule is C=CCOCC(=C)C(=O)OC(C)CCC. The third-order valence-electron chi connectivity index (χ3n) is 1.80. The first-order valence-electron chi connectivity index (χ1n) is 5.19. The van der Waals surface area contributed by atoms with Crippen molar-refractivity contribution in [3.63, 3.8) is 0 Å². The topological polar surface area (TPSA) is 35.5 Å². The quantitative estimate of drug-likeness (QED) is 0.268. The maximum absolute atomic E-state index is 11.4. The van der Waals surface area contributed by atoms with Crippen LogP contribution in [0, 0.1) is 0 Å². The Hall–Kier alpha value is -1.09. The summed E-state index contributed by atoms with van der Waals surface area (Å²) in [6.07, 6.45) is 3.43. The lowest BCUT2D eigenvalue weighted by molar-refractivity contribution is -0.144. The minimum atomic E-state index is -0.375. The van der Waals surface area contributed by atoms with Gasteiger partial charge >= 0.3 is 5.97 Å². The summed E-state index contributed by atoms with van der Waals surface area (Å²) in [5, 5.41) is 0. The molecule has 86 valence electrons. The predicted molar refractivity (Wildman–Crippen MR) is 60.6 cm³/mol. The Morgan fingerprint density at radius 3 is 2.73 bits per heavy atom. The van der Waals surface area contributed by atoms with Gasteiger partial charge in [0.1, 0.15) is 0 Å². The molecule has 1 atom stereocenters. The molecule has 0 rings (SSSR count). The number of rotatable bonds is 8. The average molecular weight is 212 g/mol. The van der Waals surface area contributed by atoms with E-state index in [-0.39, 0.29) is 18.7 Å². The van der Waals surface area contributed by atoms with E-state index in [0.29, 0.717) is 12.2 Å². The van der Waals surface area contributed by atoms with Crippen LogP contribution in [0.2, 0.25) is 0 Å². The monoisotopic (exact) mass is 212 g/mol. The molecule has 0 aliphatic heterocycles. The molecule has 0 aliphatic rings. The Bertz CT molecular complexity index is 221. The Morgan fingerprint density at radius 1 is 1.53 bits per heavy atom. The maximum Gasteiger partial charge on any atom is 0.336 e. The van der Waals surface area contributed by atoms with Gasteiger partial charge in [0, 0.05) is 0 Å². The highest BCUT2D eigenvalue weighted by Gasteiger charge is 2.12. The van der Waals surface area contributed by atoms with Crippen molar-refractivity contribution in [1.82, 2.24) is 0 Å². The van der Waals surface area contributed by atoms with Crippen molar-refractivity contribution in [1.29, 1.82) is 0 Å². The first-order chi connectivity index (χ1) is 7.11. The van der Waals surface area contributed by atoms with Crippen molar-refractivity contribution < 1.29 is 14.3 Å². The molecule has 0 fully saturated rings. The molecule has 0 aliphatic carbocycles. The normalized spacial score (nSPS) is 11.9. The lowest BCUT2D eigenvalue weighted by atomic mass is 10.2. The first-order valence-corrected chi connectivity index (χ1v) is 5.19. The van der Waals surface area contributed by atoms with Crippen LogP contribution in [0.25, 0.3) is 0 Å². The smallest absolute Gasteiger partial charge is 0.336 e.